The Morgan fingerprint density at radius 1 is 1.27 bits per heavy atom. The molecule has 0 aliphatic rings. The fraction of sp³-hybridized carbons (Fsp3) is 0.444. The summed E-state index contributed by atoms with van der Waals surface area (Å²) in [5, 5.41) is 14.8. The molecule has 0 radical (unpaired) electrons. The topological polar surface area (TPSA) is 119 Å². The number of anilines is 1. The molecule has 0 saturated heterocycles. The highest BCUT2D eigenvalue weighted by atomic mass is 32.2. The lowest BCUT2D eigenvalue weighted by Gasteiger charge is -2.33. The van der Waals surface area contributed by atoms with E-state index in [9.17, 15) is 18.5 Å². The molecule has 3 N–H and O–H groups in total. The van der Waals surface area contributed by atoms with Gasteiger partial charge in [0, 0.05) is 17.4 Å². The highest BCUT2D eigenvalue weighted by molar-refractivity contribution is 7.85. The maximum Gasteiger partial charge on any atom is 0.294 e. The fourth-order valence-electron chi connectivity index (χ4n) is 2.73. The molecule has 0 fully saturated rings. The Morgan fingerprint density at radius 2 is 1.88 bits per heavy atom. The molecule has 0 aliphatic carbocycles. The van der Waals surface area contributed by atoms with Crippen LogP contribution in [0.15, 0.2) is 40.9 Å². The summed E-state index contributed by atoms with van der Waals surface area (Å²) >= 11 is 0. The van der Waals surface area contributed by atoms with Gasteiger partial charge in [-0.2, -0.15) is 13.7 Å². The highest BCUT2D eigenvalue weighted by Gasteiger charge is 2.24. The van der Waals surface area contributed by atoms with Gasteiger partial charge in [-0.05, 0) is 43.9 Å². The lowest BCUT2D eigenvalue weighted by Crippen LogP contribution is -2.39. The van der Waals surface area contributed by atoms with Gasteiger partial charge in [0.1, 0.15) is 11.6 Å². The van der Waals surface area contributed by atoms with E-state index in [-0.39, 0.29) is 27.1 Å². The van der Waals surface area contributed by atoms with Gasteiger partial charge in [0.2, 0.25) is 0 Å². The number of rotatable bonds is 6. The zero-order chi connectivity index (χ0) is 20.2. The van der Waals surface area contributed by atoms with E-state index in [1.54, 1.807) is 0 Å². The third-order valence-electron chi connectivity index (χ3n) is 3.33. The van der Waals surface area contributed by atoms with Crippen molar-refractivity contribution in [3.8, 4) is 6.07 Å². The number of carbonyl (C=O) groups excluding carboxylic acids is 1. The van der Waals surface area contributed by atoms with E-state index in [1.165, 1.54) is 24.4 Å². The van der Waals surface area contributed by atoms with Gasteiger partial charge in [0.05, 0.1) is 4.90 Å². The molecule has 0 aromatic heterocycles. The molecule has 0 saturated carbocycles. The molecule has 0 spiro atoms. The van der Waals surface area contributed by atoms with E-state index >= 15 is 0 Å². The highest BCUT2D eigenvalue weighted by Crippen LogP contribution is 2.26. The summed E-state index contributed by atoms with van der Waals surface area (Å²) in [5.41, 5.74) is -0.259. The van der Waals surface area contributed by atoms with E-state index in [2.05, 4.69) is 31.4 Å². The average Bonchev–Trinajstić information content (AvgIpc) is 2.44. The van der Waals surface area contributed by atoms with E-state index in [0.29, 0.717) is 0 Å². The summed E-state index contributed by atoms with van der Waals surface area (Å²) in [6.07, 6.45) is 2.17. The maximum absolute atomic E-state index is 12.3. The number of carbonyl (C=O) groups is 1. The lowest BCUT2D eigenvalue weighted by atomic mass is 9.82. The summed E-state index contributed by atoms with van der Waals surface area (Å²) in [4.78, 5) is 11.9. The molecule has 0 aliphatic heterocycles. The first-order valence-corrected chi connectivity index (χ1v) is 9.44. The zero-order valence-electron chi connectivity index (χ0n) is 15.6. The number of hydrogen-bond acceptors (Lipinski definition) is 5. The molecule has 1 rings (SSSR count). The van der Waals surface area contributed by atoms with Crippen LogP contribution in [0.1, 0.15) is 41.0 Å². The Labute approximate surface area is 154 Å². The molecular weight excluding hydrogens is 354 g/mol. The summed E-state index contributed by atoms with van der Waals surface area (Å²) in [6.45, 7) is 10.2. The Bertz CT molecular complexity index is 844. The normalized spacial score (nSPS) is 13.0. The van der Waals surface area contributed by atoms with Crippen molar-refractivity contribution in [2.45, 2.75) is 51.5 Å². The van der Waals surface area contributed by atoms with Gasteiger partial charge in [-0.25, -0.2) is 0 Å². The minimum absolute atomic E-state index is 0.0651. The first kappa shape index (κ1) is 21.7. The van der Waals surface area contributed by atoms with Crippen LogP contribution in [0.4, 0.5) is 5.69 Å². The van der Waals surface area contributed by atoms with Gasteiger partial charge in [-0.3, -0.25) is 9.35 Å². The second-order valence-corrected chi connectivity index (χ2v) is 9.31. The Morgan fingerprint density at radius 3 is 2.38 bits per heavy atom. The van der Waals surface area contributed by atoms with Crippen molar-refractivity contribution in [2.24, 2.45) is 5.41 Å². The van der Waals surface area contributed by atoms with Crippen LogP contribution < -0.4 is 10.6 Å². The van der Waals surface area contributed by atoms with E-state index in [1.807, 2.05) is 19.9 Å². The van der Waals surface area contributed by atoms with Crippen molar-refractivity contribution >= 4 is 21.7 Å². The van der Waals surface area contributed by atoms with Crippen LogP contribution in [0.3, 0.4) is 0 Å². The van der Waals surface area contributed by atoms with Gasteiger partial charge in [-0.1, -0.05) is 26.8 Å². The molecule has 1 aromatic carbocycles. The minimum atomic E-state index is -4.38. The molecule has 7 nitrogen and oxygen atoms in total. The first-order valence-electron chi connectivity index (χ1n) is 8.00. The molecule has 0 atom stereocenters. The number of amides is 1. The second kappa shape index (κ2) is 7.89. The maximum atomic E-state index is 12.3. The van der Waals surface area contributed by atoms with Crippen LogP contribution in [-0.2, 0) is 14.9 Å². The van der Waals surface area contributed by atoms with Crippen molar-refractivity contribution in [3.63, 3.8) is 0 Å². The number of nitrogens with zero attached hydrogens (tertiary/aromatic N) is 1. The molecule has 26 heavy (non-hydrogen) atoms. The third kappa shape index (κ3) is 7.25. The number of benzene rings is 1. The van der Waals surface area contributed by atoms with Crippen molar-refractivity contribution in [1.29, 1.82) is 5.26 Å². The van der Waals surface area contributed by atoms with Gasteiger partial charge < -0.3 is 10.6 Å². The van der Waals surface area contributed by atoms with Crippen molar-refractivity contribution in [3.05, 3.63) is 36.0 Å². The van der Waals surface area contributed by atoms with Crippen LogP contribution in [0, 0.1) is 16.7 Å². The fourth-order valence-corrected chi connectivity index (χ4v) is 3.25. The molecule has 1 aromatic rings. The third-order valence-corrected chi connectivity index (χ3v) is 4.18. The van der Waals surface area contributed by atoms with E-state index in [0.717, 1.165) is 12.5 Å². The van der Waals surface area contributed by atoms with Crippen LogP contribution in [-0.4, -0.2) is 24.4 Å². The second-order valence-electron chi connectivity index (χ2n) is 7.89. The first-order chi connectivity index (χ1) is 11.7. The van der Waals surface area contributed by atoms with Crippen molar-refractivity contribution < 1.29 is 17.8 Å². The van der Waals surface area contributed by atoms with Crippen LogP contribution in [0.5, 0.6) is 0 Å². The summed E-state index contributed by atoms with van der Waals surface area (Å²) in [6, 6.07) is 6.96. The molecular formula is C18H25N3O4S. The van der Waals surface area contributed by atoms with Crippen molar-refractivity contribution in [2.75, 3.05) is 5.32 Å². The van der Waals surface area contributed by atoms with Gasteiger partial charge in [0.15, 0.2) is 0 Å². The summed E-state index contributed by atoms with van der Waals surface area (Å²) < 4.78 is 31.4. The molecule has 0 heterocycles. The van der Waals surface area contributed by atoms with Crippen LogP contribution in [0.25, 0.3) is 0 Å². The average molecular weight is 379 g/mol. The van der Waals surface area contributed by atoms with E-state index in [4.69, 9.17) is 4.55 Å². The summed E-state index contributed by atoms with van der Waals surface area (Å²) in [7, 11) is -4.38. The quantitative estimate of drug-likeness (QED) is 0.397. The van der Waals surface area contributed by atoms with Gasteiger partial charge in [0.25, 0.3) is 16.0 Å². The minimum Gasteiger partial charge on any atom is -0.385 e. The van der Waals surface area contributed by atoms with Gasteiger partial charge in [-0.15, -0.1) is 0 Å². The standard InChI is InChI=1S/C18H25N3O4S/c1-17(2,3)12-18(4,5)20-11-13(10-19)16(22)21-14-7-6-8-15(9-14)26(23,24)25/h6-9,11,20H,12H2,1-5H3,(H,21,22)(H,23,24,25)/b13-11-. The van der Waals surface area contributed by atoms with Gasteiger partial charge >= 0.3 is 0 Å². The molecule has 0 bridgehead atoms. The van der Waals surface area contributed by atoms with Crippen LogP contribution >= 0.6 is 0 Å². The molecule has 0 unspecified atom stereocenters. The summed E-state index contributed by atoms with van der Waals surface area (Å²) in [5.74, 6) is -0.681. The Kier molecular flexibility index (Phi) is 6.58. The smallest absolute Gasteiger partial charge is 0.294 e. The zero-order valence-corrected chi connectivity index (χ0v) is 16.4. The van der Waals surface area contributed by atoms with E-state index < -0.39 is 16.0 Å². The molecule has 142 valence electrons. The largest absolute Gasteiger partial charge is 0.385 e. The number of nitrogens with one attached hydrogen (secondary N) is 2. The predicted octanol–water partition coefficient (Wildman–Crippen LogP) is 3.08. The Hall–Kier alpha value is -2.37. The predicted molar refractivity (Wildman–Crippen MR) is 99.9 cm³/mol. The Balaban J connectivity index is 2.92. The SMILES string of the molecule is CC(C)(C)CC(C)(C)N/C=C(/C#N)C(=O)Nc1cccc(S(=O)(=O)O)c1. The molecule has 1 amide bonds. The van der Waals surface area contributed by atoms with Crippen molar-refractivity contribution in [1.82, 2.24) is 5.32 Å². The van der Waals surface area contributed by atoms with Crippen LogP contribution in [0.2, 0.25) is 0 Å². The monoisotopic (exact) mass is 379 g/mol. The number of hydrogen-bond donors (Lipinski definition) is 3. The molecule has 8 heteroatoms. The number of nitriles is 1. The lowest BCUT2D eigenvalue weighted by molar-refractivity contribution is -0.112.